The summed E-state index contributed by atoms with van der Waals surface area (Å²) in [6, 6.07) is 5.53. The molecule has 0 radical (unpaired) electrons. The second-order valence-electron chi connectivity index (χ2n) is 8.09. The van der Waals surface area contributed by atoms with Crippen molar-refractivity contribution in [1.82, 2.24) is 19.5 Å². The topological polar surface area (TPSA) is 63.9 Å². The van der Waals surface area contributed by atoms with Crippen LogP contribution in [0.5, 0.6) is 5.75 Å². The Kier molecular flexibility index (Phi) is 6.25. The number of nitrogens with one attached hydrogen (secondary N) is 1. The van der Waals surface area contributed by atoms with Crippen molar-refractivity contribution in [3.8, 4) is 17.0 Å². The fourth-order valence-corrected chi connectivity index (χ4v) is 4.08. The average Bonchev–Trinajstić information content (AvgIpc) is 3.14. The Balaban J connectivity index is 1.77. The molecule has 3 heterocycles. The number of piperidine rings is 1. The van der Waals surface area contributed by atoms with E-state index in [1.54, 1.807) is 0 Å². The van der Waals surface area contributed by atoms with Gasteiger partial charge in [0.05, 0.1) is 11.1 Å². The summed E-state index contributed by atoms with van der Waals surface area (Å²) in [7, 11) is 3.50. The molecule has 1 aromatic carbocycles. The van der Waals surface area contributed by atoms with Gasteiger partial charge in [-0.2, -0.15) is 13.2 Å². The molecule has 0 unspecified atom stereocenters. The van der Waals surface area contributed by atoms with E-state index < -0.39 is 11.7 Å². The van der Waals surface area contributed by atoms with Crippen molar-refractivity contribution < 1.29 is 22.6 Å². The fraction of sp³-hybridized carbons (Fsp3) is 0.455. The van der Waals surface area contributed by atoms with E-state index in [4.69, 9.17) is 9.47 Å². The zero-order valence-electron chi connectivity index (χ0n) is 18.2. The number of rotatable bonds is 6. The first-order chi connectivity index (χ1) is 15.3. The molecule has 0 aliphatic carbocycles. The van der Waals surface area contributed by atoms with E-state index in [0.717, 1.165) is 49.1 Å². The Bertz CT molecular complexity index is 1100. The summed E-state index contributed by atoms with van der Waals surface area (Å²) in [5, 5.41) is 12.3. The molecule has 7 nitrogen and oxygen atoms in total. The molecule has 10 heteroatoms. The first kappa shape index (κ1) is 22.3. The molecule has 0 bridgehead atoms. The van der Waals surface area contributed by atoms with Crippen LogP contribution < -0.4 is 10.1 Å². The molecule has 1 saturated heterocycles. The summed E-state index contributed by atoms with van der Waals surface area (Å²) in [4.78, 5) is 2.27. The summed E-state index contributed by atoms with van der Waals surface area (Å²) >= 11 is 0. The lowest BCUT2D eigenvalue weighted by molar-refractivity contribution is -0.137. The molecule has 1 N–H and O–H groups in total. The summed E-state index contributed by atoms with van der Waals surface area (Å²) in [5.74, 6) is 0.636. The minimum atomic E-state index is -4.49. The fourth-order valence-electron chi connectivity index (χ4n) is 4.08. The molecule has 0 spiro atoms. The molecule has 4 rings (SSSR count). The van der Waals surface area contributed by atoms with Gasteiger partial charge in [-0.15, -0.1) is 10.2 Å². The van der Waals surface area contributed by atoms with Gasteiger partial charge in [-0.3, -0.25) is 4.40 Å². The quantitative estimate of drug-likeness (QED) is 0.569. The van der Waals surface area contributed by atoms with Crippen LogP contribution in [0.1, 0.15) is 24.0 Å². The van der Waals surface area contributed by atoms with Gasteiger partial charge in [-0.1, -0.05) is 0 Å². The van der Waals surface area contributed by atoms with Crippen molar-refractivity contribution in [3.05, 3.63) is 41.6 Å². The lowest BCUT2D eigenvalue weighted by Crippen LogP contribution is -2.40. The Labute approximate surface area is 184 Å². The van der Waals surface area contributed by atoms with Gasteiger partial charge in [0.15, 0.2) is 6.79 Å². The molecule has 1 aliphatic heterocycles. The van der Waals surface area contributed by atoms with E-state index in [-0.39, 0.29) is 18.6 Å². The van der Waals surface area contributed by atoms with Crippen molar-refractivity contribution in [2.75, 3.05) is 39.4 Å². The van der Waals surface area contributed by atoms with Crippen molar-refractivity contribution in [3.63, 3.8) is 0 Å². The number of aryl methyl sites for hydroxylation is 1. The van der Waals surface area contributed by atoms with Crippen molar-refractivity contribution in [1.29, 1.82) is 0 Å². The molecule has 1 aliphatic rings. The van der Waals surface area contributed by atoms with Crippen LogP contribution in [-0.2, 0) is 10.9 Å². The number of benzene rings is 1. The van der Waals surface area contributed by atoms with Crippen LogP contribution in [0.25, 0.3) is 16.8 Å². The lowest BCUT2D eigenvalue weighted by atomic mass is 10.0. The van der Waals surface area contributed by atoms with Gasteiger partial charge in [0, 0.05) is 31.5 Å². The molecule has 2 aromatic heterocycles. The van der Waals surface area contributed by atoms with Crippen LogP contribution in [0.15, 0.2) is 30.5 Å². The number of methoxy groups -OCH3 is 1. The van der Waals surface area contributed by atoms with Crippen LogP contribution in [0, 0.1) is 6.92 Å². The first-order valence-electron chi connectivity index (χ1n) is 10.4. The maximum atomic E-state index is 13.3. The number of hydrogen-bond acceptors (Lipinski definition) is 6. The molecule has 3 aromatic rings. The summed E-state index contributed by atoms with van der Waals surface area (Å²) in [6.07, 6.45) is -0.475. The summed E-state index contributed by atoms with van der Waals surface area (Å²) < 4.78 is 52.1. The highest BCUT2D eigenvalue weighted by atomic mass is 19.4. The van der Waals surface area contributed by atoms with Gasteiger partial charge >= 0.3 is 6.18 Å². The van der Waals surface area contributed by atoms with E-state index in [1.165, 1.54) is 13.2 Å². The highest BCUT2D eigenvalue weighted by Crippen LogP contribution is 2.38. The zero-order valence-corrected chi connectivity index (χ0v) is 18.2. The zero-order chi connectivity index (χ0) is 22.9. The molecule has 1 fully saturated rings. The van der Waals surface area contributed by atoms with E-state index in [0.29, 0.717) is 17.2 Å². The molecule has 0 saturated carbocycles. The molecule has 32 heavy (non-hydrogen) atoms. The molecule has 172 valence electrons. The number of fused-ring (bicyclic) bond motifs is 1. The van der Waals surface area contributed by atoms with Crippen molar-refractivity contribution >= 4 is 11.5 Å². The second-order valence-corrected chi connectivity index (χ2v) is 8.09. The Morgan fingerprint density at radius 3 is 2.75 bits per heavy atom. The van der Waals surface area contributed by atoms with Gasteiger partial charge in [-0.05, 0) is 63.2 Å². The standard InChI is InChI=1S/C22H26F3N5O2/c1-14-8-10-30-20(14)19(27-28-21(30)26-16-5-4-9-29(2)12-16)17-7-6-15(22(23,24)25)11-18(17)32-13-31-3/h6-8,10-11,16H,4-5,9,12-13H2,1-3H3,(H,26,28)/t16-/m1/s1. The first-order valence-corrected chi connectivity index (χ1v) is 10.4. The number of anilines is 1. The third-order valence-electron chi connectivity index (χ3n) is 5.64. The Morgan fingerprint density at radius 1 is 1.22 bits per heavy atom. The van der Waals surface area contributed by atoms with Crippen LogP contribution in [0.2, 0.25) is 0 Å². The largest absolute Gasteiger partial charge is 0.467 e. The number of alkyl halides is 3. The van der Waals surface area contributed by atoms with Gasteiger partial charge in [-0.25, -0.2) is 0 Å². The van der Waals surface area contributed by atoms with Gasteiger partial charge < -0.3 is 19.7 Å². The number of halogens is 3. The molecule has 0 amide bonds. The maximum absolute atomic E-state index is 13.3. The predicted molar refractivity (Wildman–Crippen MR) is 115 cm³/mol. The monoisotopic (exact) mass is 449 g/mol. The minimum Gasteiger partial charge on any atom is -0.467 e. The highest BCUT2D eigenvalue weighted by Gasteiger charge is 2.32. The van der Waals surface area contributed by atoms with E-state index in [9.17, 15) is 13.2 Å². The number of nitrogens with zero attached hydrogens (tertiary/aromatic N) is 4. The van der Waals surface area contributed by atoms with Crippen molar-refractivity contribution in [2.24, 2.45) is 0 Å². The van der Waals surface area contributed by atoms with Crippen LogP contribution in [-0.4, -0.2) is 59.6 Å². The van der Waals surface area contributed by atoms with Gasteiger partial charge in [0.25, 0.3) is 0 Å². The van der Waals surface area contributed by atoms with Crippen LogP contribution >= 0.6 is 0 Å². The SMILES string of the molecule is COCOc1cc(C(F)(F)F)ccc1-c1nnc(N[C@@H]2CCCN(C)C2)n2ccc(C)c12. The lowest BCUT2D eigenvalue weighted by Gasteiger charge is -2.30. The number of aromatic nitrogens is 3. The molecular weight excluding hydrogens is 423 g/mol. The third kappa shape index (κ3) is 4.51. The van der Waals surface area contributed by atoms with Crippen LogP contribution in [0.4, 0.5) is 19.1 Å². The third-order valence-corrected chi connectivity index (χ3v) is 5.64. The number of ether oxygens (including phenoxy) is 2. The molecular formula is C22H26F3N5O2. The molecule has 1 atom stereocenters. The smallest absolute Gasteiger partial charge is 0.416 e. The minimum absolute atomic E-state index is 0.0353. The average molecular weight is 449 g/mol. The highest BCUT2D eigenvalue weighted by molar-refractivity contribution is 5.83. The summed E-state index contributed by atoms with van der Waals surface area (Å²) in [5.41, 5.74) is 1.74. The van der Waals surface area contributed by atoms with Gasteiger partial charge in [0.2, 0.25) is 5.95 Å². The van der Waals surface area contributed by atoms with E-state index >= 15 is 0 Å². The van der Waals surface area contributed by atoms with E-state index in [1.807, 2.05) is 23.6 Å². The summed E-state index contributed by atoms with van der Waals surface area (Å²) in [6.45, 7) is 3.71. The Morgan fingerprint density at radius 2 is 2.03 bits per heavy atom. The number of hydrogen-bond donors (Lipinski definition) is 1. The number of likely N-dealkylation sites (tertiary alicyclic amines) is 1. The van der Waals surface area contributed by atoms with Gasteiger partial charge in [0.1, 0.15) is 11.4 Å². The Hall–Kier alpha value is -2.85. The maximum Gasteiger partial charge on any atom is 0.416 e. The predicted octanol–water partition coefficient (Wildman–Crippen LogP) is 4.21. The van der Waals surface area contributed by atoms with Crippen molar-refractivity contribution in [2.45, 2.75) is 32.0 Å². The normalized spacial score (nSPS) is 17.6. The number of likely N-dealkylation sites (N-methyl/N-ethyl adjacent to an activating group) is 1. The second kappa shape index (κ2) is 8.95. The van der Waals surface area contributed by atoms with Crippen LogP contribution in [0.3, 0.4) is 0 Å². The van der Waals surface area contributed by atoms with E-state index in [2.05, 4.69) is 27.5 Å².